The largest absolute Gasteiger partial charge is 0.495 e. The van der Waals surface area contributed by atoms with Gasteiger partial charge in [0.05, 0.1) is 30.8 Å². The Morgan fingerprint density at radius 1 is 0.976 bits per heavy atom. The van der Waals surface area contributed by atoms with Crippen LogP contribution in [0.3, 0.4) is 0 Å². The summed E-state index contributed by atoms with van der Waals surface area (Å²) >= 11 is 1.61. The maximum atomic E-state index is 15.1. The predicted octanol–water partition coefficient (Wildman–Crippen LogP) is 8.36. The molecule has 0 saturated heterocycles. The monoisotopic (exact) mass is 580 g/mol. The maximum Gasteiger partial charge on any atom is 0.416 e. The number of aliphatic imine (C=N–C) groups is 1. The van der Waals surface area contributed by atoms with E-state index < -0.39 is 36.0 Å². The van der Waals surface area contributed by atoms with Crippen LogP contribution in [0.15, 0.2) is 94.8 Å². The van der Waals surface area contributed by atoms with Crippen molar-refractivity contribution in [1.82, 2.24) is 0 Å². The fourth-order valence-electron chi connectivity index (χ4n) is 4.89. The van der Waals surface area contributed by atoms with Crippen LogP contribution in [0.25, 0.3) is 11.1 Å². The summed E-state index contributed by atoms with van der Waals surface area (Å²) in [6.07, 6.45) is -3.23. The van der Waals surface area contributed by atoms with Crippen LogP contribution < -0.4 is 9.64 Å². The number of halogens is 4. The smallest absolute Gasteiger partial charge is 0.416 e. The number of carboxylic acids is 1. The second kappa shape index (κ2) is 11.3. The number of benzene rings is 4. The van der Waals surface area contributed by atoms with E-state index in [4.69, 9.17) is 4.74 Å². The molecule has 1 aliphatic rings. The van der Waals surface area contributed by atoms with Gasteiger partial charge in [-0.1, -0.05) is 48.5 Å². The van der Waals surface area contributed by atoms with Gasteiger partial charge in [-0.05, 0) is 53.8 Å². The predicted molar refractivity (Wildman–Crippen MR) is 152 cm³/mol. The van der Waals surface area contributed by atoms with Gasteiger partial charge in [-0.15, -0.1) is 11.8 Å². The van der Waals surface area contributed by atoms with Gasteiger partial charge < -0.3 is 14.7 Å². The highest BCUT2D eigenvalue weighted by atomic mass is 32.2. The van der Waals surface area contributed by atoms with Gasteiger partial charge in [0.15, 0.2) is 0 Å². The van der Waals surface area contributed by atoms with Crippen molar-refractivity contribution in [2.75, 3.05) is 18.3 Å². The van der Waals surface area contributed by atoms with Gasteiger partial charge in [-0.2, -0.15) is 13.2 Å². The van der Waals surface area contributed by atoms with Gasteiger partial charge in [-0.25, -0.2) is 9.38 Å². The number of ether oxygens (including phenoxy) is 1. The zero-order chi connectivity index (χ0) is 29.3. The Morgan fingerprint density at radius 2 is 1.68 bits per heavy atom. The summed E-state index contributed by atoms with van der Waals surface area (Å²) in [6.45, 7) is 0. The van der Waals surface area contributed by atoms with Crippen molar-refractivity contribution in [3.63, 3.8) is 0 Å². The number of anilines is 1. The number of methoxy groups -OCH3 is 1. The van der Waals surface area contributed by atoms with Crippen molar-refractivity contribution in [2.24, 2.45) is 4.99 Å². The van der Waals surface area contributed by atoms with E-state index in [2.05, 4.69) is 4.99 Å². The minimum absolute atomic E-state index is 0.0426. The Bertz CT molecular complexity index is 1640. The fourth-order valence-corrected chi connectivity index (χ4v) is 5.35. The first-order chi connectivity index (χ1) is 19.6. The number of fused-ring (bicyclic) bond motifs is 1. The Labute approximate surface area is 238 Å². The van der Waals surface area contributed by atoms with Crippen LogP contribution in [-0.4, -0.2) is 30.3 Å². The first-order valence-electron chi connectivity index (χ1n) is 12.5. The van der Waals surface area contributed by atoms with Gasteiger partial charge in [-0.3, -0.25) is 4.79 Å². The van der Waals surface area contributed by atoms with Crippen LogP contribution >= 0.6 is 11.8 Å². The topological polar surface area (TPSA) is 62.1 Å². The quantitative estimate of drug-likeness (QED) is 0.176. The highest BCUT2D eigenvalue weighted by molar-refractivity contribution is 7.98. The van der Waals surface area contributed by atoms with E-state index in [1.54, 1.807) is 23.9 Å². The molecule has 210 valence electrons. The highest BCUT2D eigenvalue weighted by Gasteiger charge is 2.38. The number of thioether (sulfide) groups is 1. The maximum absolute atomic E-state index is 15.1. The number of hydrogen-bond acceptors (Lipinski definition) is 5. The molecule has 41 heavy (non-hydrogen) atoms. The molecule has 0 radical (unpaired) electrons. The molecular weight excluding hydrogens is 556 g/mol. The van der Waals surface area contributed by atoms with E-state index in [-0.39, 0.29) is 28.5 Å². The summed E-state index contributed by atoms with van der Waals surface area (Å²) in [5.74, 6) is -1.72. The number of hydrogen-bond donors (Lipinski definition) is 1. The normalized spacial score (nSPS) is 14.8. The summed E-state index contributed by atoms with van der Waals surface area (Å²) in [4.78, 5) is 19.1. The van der Waals surface area contributed by atoms with Crippen LogP contribution in [-0.2, 0) is 11.0 Å². The summed E-state index contributed by atoms with van der Waals surface area (Å²) in [5, 5.41) is 9.82. The third-order valence-corrected chi connectivity index (χ3v) is 7.54. The molecule has 0 aromatic heterocycles. The van der Waals surface area contributed by atoms with Crippen molar-refractivity contribution in [1.29, 1.82) is 0 Å². The first-order valence-corrected chi connectivity index (χ1v) is 13.7. The molecule has 0 saturated carbocycles. The van der Waals surface area contributed by atoms with Crippen LogP contribution in [0.5, 0.6) is 5.75 Å². The van der Waals surface area contributed by atoms with Crippen molar-refractivity contribution in [3.05, 3.63) is 107 Å². The number of para-hydroxylation sites is 1. The van der Waals surface area contributed by atoms with E-state index in [1.807, 2.05) is 42.7 Å². The average molecular weight is 581 g/mol. The number of carbonyl (C=O) groups is 1. The van der Waals surface area contributed by atoms with Crippen molar-refractivity contribution in [3.8, 4) is 16.9 Å². The minimum atomic E-state index is -4.67. The molecule has 0 spiro atoms. The van der Waals surface area contributed by atoms with Crippen molar-refractivity contribution in [2.45, 2.75) is 23.5 Å². The number of aliphatic carboxylic acids is 1. The van der Waals surface area contributed by atoms with Crippen molar-refractivity contribution >= 4 is 34.9 Å². The standard InChI is InChI=1S/C31H24F4N2O3S/c1-40-27-14-13-21(31(33,34)35)16-26(27)37-25(17-28(38)39)23-7-4-8-24(32)29(23)36-30(37)19-11-9-18(10-12-19)20-5-3-6-22(15-20)41-2/h3-16,25H,17H2,1-2H3,(H,38,39). The molecule has 1 aliphatic heterocycles. The lowest BCUT2D eigenvalue weighted by molar-refractivity contribution is -0.138. The van der Waals surface area contributed by atoms with Gasteiger partial charge in [0.25, 0.3) is 0 Å². The Balaban J connectivity index is 1.73. The summed E-state index contributed by atoms with van der Waals surface area (Å²) in [5.41, 5.74) is 1.49. The second-order valence-corrected chi connectivity index (χ2v) is 10.2. The summed E-state index contributed by atoms with van der Waals surface area (Å²) < 4.78 is 61.9. The first kappa shape index (κ1) is 28.2. The molecule has 0 fully saturated rings. The Morgan fingerprint density at radius 3 is 2.34 bits per heavy atom. The van der Waals surface area contributed by atoms with Gasteiger partial charge in [0.2, 0.25) is 0 Å². The lowest BCUT2D eigenvalue weighted by Crippen LogP contribution is -2.39. The summed E-state index contributed by atoms with van der Waals surface area (Å²) in [7, 11) is 1.31. The molecule has 1 unspecified atom stereocenters. The molecule has 5 rings (SSSR count). The highest BCUT2D eigenvalue weighted by Crippen LogP contribution is 2.46. The third kappa shape index (κ3) is 5.65. The lowest BCUT2D eigenvalue weighted by Gasteiger charge is -2.38. The number of amidine groups is 1. The van der Waals surface area contributed by atoms with E-state index in [9.17, 15) is 23.1 Å². The molecule has 1 heterocycles. The third-order valence-electron chi connectivity index (χ3n) is 6.81. The SMILES string of the molecule is COc1ccc(C(F)(F)F)cc1N1C(c2ccc(-c3cccc(SC)c3)cc2)=Nc2c(F)cccc2C1CC(=O)O. The van der Waals surface area contributed by atoms with Gasteiger partial charge in [0.1, 0.15) is 23.1 Å². The van der Waals surface area contributed by atoms with Crippen LogP contribution in [0, 0.1) is 5.82 Å². The number of alkyl halides is 3. The molecular formula is C31H24F4N2O3S. The lowest BCUT2D eigenvalue weighted by atomic mass is 9.94. The van der Waals surface area contributed by atoms with Gasteiger partial charge >= 0.3 is 12.1 Å². The minimum Gasteiger partial charge on any atom is -0.495 e. The molecule has 4 aromatic carbocycles. The number of carboxylic acid groups (broad SMARTS) is 1. The molecule has 0 bridgehead atoms. The van der Waals surface area contributed by atoms with E-state index in [0.29, 0.717) is 5.56 Å². The fraction of sp³-hybridized carbons (Fsp3) is 0.161. The van der Waals surface area contributed by atoms with Gasteiger partial charge in [0, 0.05) is 16.0 Å². The molecule has 4 aromatic rings. The van der Waals surface area contributed by atoms with E-state index >= 15 is 4.39 Å². The van der Waals surface area contributed by atoms with E-state index in [0.717, 1.165) is 28.2 Å². The molecule has 0 amide bonds. The molecule has 10 heteroatoms. The number of rotatable bonds is 7. The van der Waals surface area contributed by atoms with Crippen LogP contribution in [0.1, 0.15) is 29.2 Å². The van der Waals surface area contributed by atoms with Crippen LogP contribution in [0.4, 0.5) is 28.9 Å². The Kier molecular flexibility index (Phi) is 7.77. The van der Waals surface area contributed by atoms with E-state index in [1.165, 1.54) is 36.3 Å². The Hall–Kier alpha value is -4.31. The van der Waals surface area contributed by atoms with Crippen molar-refractivity contribution < 1.29 is 32.2 Å². The molecule has 1 atom stereocenters. The van der Waals surface area contributed by atoms with Crippen LogP contribution in [0.2, 0.25) is 0 Å². The number of nitrogens with zero attached hydrogens (tertiary/aromatic N) is 2. The molecule has 1 N–H and O–H groups in total. The second-order valence-electron chi connectivity index (χ2n) is 9.29. The molecule has 0 aliphatic carbocycles. The molecule has 5 nitrogen and oxygen atoms in total. The zero-order valence-electron chi connectivity index (χ0n) is 21.9. The summed E-state index contributed by atoms with van der Waals surface area (Å²) in [6, 6.07) is 21.1. The zero-order valence-corrected chi connectivity index (χ0v) is 22.8. The average Bonchev–Trinajstić information content (AvgIpc) is 2.96.